The predicted molar refractivity (Wildman–Crippen MR) is 58.7 cm³/mol. The Morgan fingerprint density at radius 3 is 2.76 bits per heavy atom. The average molecular weight is 238 g/mol. The van der Waals surface area contributed by atoms with Gasteiger partial charge in [-0.2, -0.15) is 0 Å². The molecule has 0 saturated heterocycles. The number of nitrogens with two attached hydrogens (primary N) is 1. The second kappa shape index (κ2) is 4.60. The Balaban J connectivity index is 2.45. The molecular weight excluding hydrogens is 226 g/mol. The second-order valence-electron chi connectivity index (χ2n) is 3.71. The van der Waals surface area contributed by atoms with Crippen molar-refractivity contribution in [1.29, 1.82) is 0 Å². The first-order chi connectivity index (χ1) is 8.13. The number of imidazole rings is 1. The SMILES string of the molecule is Cn1cnc(C(NN)c2cccc(F)c2F)c1. The van der Waals surface area contributed by atoms with E-state index in [4.69, 9.17) is 5.84 Å². The summed E-state index contributed by atoms with van der Waals surface area (Å²) in [5.74, 6) is 3.56. The molecule has 17 heavy (non-hydrogen) atoms. The van der Waals surface area contributed by atoms with Gasteiger partial charge in [-0.15, -0.1) is 0 Å². The van der Waals surface area contributed by atoms with Crippen LogP contribution >= 0.6 is 0 Å². The first-order valence-electron chi connectivity index (χ1n) is 5.01. The summed E-state index contributed by atoms with van der Waals surface area (Å²) in [7, 11) is 1.78. The van der Waals surface area contributed by atoms with Gasteiger partial charge in [-0.25, -0.2) is 19.2 Å². The van der Waals surface area contributed by atoms with Crippen molar-refractivity contribution in [2.75, 3.05) is 0 Å². The number of halogens is 2. The van der Waals surface area contributed by atoms with Gasteiger partial charge in [0.05, 0.1) is 18.1 Å². The van der Waals surface area contributed by atoms with Crippen LogP contribution in [0.3, 0.4) is 0 Å². The molecule has 2 rings (SSSR count). The molecule has 3 N–H and O–H groups in total. The summed E-state index contributed by atoms with van der Waals surface area (Å²) in [4.78, 5) is 4.07. The highest BCUT2D eigenvalue weighted by Gasteiger charge is 2.20. The van der Waals surface area contributed by atoms with E-state index in [0.29, 0.717) is 5.69 Å². The topological polar surface area (TPSA) is 55.9 Å². The Labute approximate surface area is 97.0 Å². The lowest BCUT2D eigenvalue weighted by Gasteiger charge is -2.14. The van der Waals surface area contributed by atoms with Crippen LogP contribution in [0.15, 0.2) is 30.7 Å². The molecule has 1 unspecified atom stereocenters. The zero-order valence-electron chi connectivity index (χ0n) is 9.19. The highest BCUT2D eigenvalue weighted by molar-refractivity contribution is 5.28. The molecule has 6 heteroatoms. The fourth-order valence-electron chi connectivity index (χ4n) is 1.66. The summed E-state index contributed by atoms with van der Waals surface area (Å²) >= 11 is 0. The minimum atomic E-state index is -0.916. The maximum atomic E-state index is 13.6. The molecular formula is C11H12F2N4. The van der Waals surface area contributed by atoms with Gasteiger partial charge in [0, 0.05) is 18.8 Å². The fraction of sp³-hybridized carbons (Fsp3) is 0.182. The van der Waals surface area contributed by atoms with E-state index in [1.807, 2.05) is 0 Å². The van der Waals surface area contributed by atoms with Gasteiger partial charge in [-0.1, -0.05) is 12.1 Å². The van der Waals surface area contributed by atoms with Crippen LogP contribution < -0.4 is 11.3 Å². The standard InChI is InChI=1S/C11H12F2N4/c1-17-5-9(15-6-17)11(16-14)7-3-2-4-8(12)10(7)13/h2-6,11,16H,14H2,1H3. The van der Waals surface area contributed by atoms with Crippen molar-refractivity contribution in [3.63, 3.8) is 0 Å². The van der Waals surface area contributed by atoms with E-state index in [2.05, 4.69) is 10.4 Å². The predicted octanol–water partition coefficient (Wildman–Crippen LogP) is 1.25. The Morgan fingerprint density at radius 2 is 2.18 bits per heavy atom. The summed E-state index contributed by atoms with van der Waals surface area (Å²) in [6, 6.07) is 3.29. The average Bonchev–Trinajstić information content (AvgIpc) is 2.72. The molecule has 2 aromatic rings. The highest BCUT2D eigenvalue weighted by Crippen LogP contribution is 2.23. The maximum absolute atomic E-state index is 13.6. The van der Waals surface area contributed by atoms with Gasteiger partial charge in [-0.05, 0) is 6.07 Å². The molecule has 0 fully saturated rings. The molecule has 0 saturated carbocycles. The molecule has 1 atom stereocenters. The van der Waals surface area contributed by atoms with Crippen LogP contribution in [0.25, 0.3) is 0 Å². The molecule has 0 spiro atoms. The van der Waals surface area contributed by atoms with Crippen molar-refractivity contribution >= 4 is 0 Å². The summed E-state index contributed by atoms with van der Waals surface area (Å²) < 4.78 is 28.5. The Kier molecular flexibility index (Phi) is 3.16. The van der Waals surface area contributed by atoms with Crippen molar-refractivity contribution < 1.29 is 8.78 Å². The van der Waals surface area contributed by atoms with Crippen molar-refractivity contribution in [3.8, 4) is 0 Å². The molecule has 90 valence electrons. The van der Waals surface area contributed by atoms with Crippen molar-refractivity contribution in [3.05, 3.63) is 53.6 Å². The van der Waals surface area contributed by atoms with Gasteiger partial charge in [0.2, 0.25) is 0 Å². The van der Waals surface area contributed by atoms with E-state index < -0.39 is 17.7 Å². The molecule has 0 bridgehead atoms. The number of nitrogens with one attached hydrogen (secondary N) is 1. The zero-order valence-corrected chi connectivity index (χ0v) is 9.19. The van der Waals surface area contributed by atoms with Crippen LogP contribution in [0.5, 0.6) is 0 Å². The molecule has 0 amide bonds. The number of rotatable bonds is 3. The van der Waals surface area contributed by atoms with Crippen LogP contribution in [-0.4, -0.2) is 9.55 Å². The number of aryl methyl sites for hydroxylation is 1. The molecule has 0 aliphatic carbocycles. The molecule has 0 aliphatic rings. The molecule has 1 heterocycles. The van der Waals surface area contributed by atoms with E-state index in [-0.39, 0.29) is 5.56 Å². The van der Waals surface area contributed by atoms with Crippen molar-refractivity contribution in [2.45, 2.75) is 6.04 Å². The number of hydrogen-bond acceptors (Lipinski definition) is 3. The summed E-state index contributed by atoms with van der Waals surface area (Å²) in [6.07, 6.45) is 3.26. The number of nitrogens with zero attached hydrogens (tertiary/aromatic N) is 2. The monoisotopic (exact) mass is 238 g/mol. The van der Waals surface area contributed by atoms with Gasteiger partial charge in [0.15, 0.2) is 11.6 Å². The number of benzene rings is 1. The van der Waals surface area contributed by atoms with E-state index in [1.54, 1.807) is 24.1 Å². The smallest absolute Gasteiger partial charge is 0.164 e. The normalized spacial score (nSPS) is 12.7. The lowest BCUT2D eigenvalue weighted by Crippen LogP contribution is -2.30. The van der Waals surface area contributed by atoms with E-state index in [9.17, 15) is 8.78 Å². The van der Waals surface area contributed by atoms with Gasteiger partial charge in [0.1, 0.15) is 0 Å². The Hall–Kier alpha value is -1.79. The zero-order chi connectivity index (χ0) is 12.4. The quantitative estimate of drug-likeness (QED) is 0.625. The van der Waals surface area contributed by atoms with E-state index in [0.717, 1.165) is 6.07 Å². The summed E-state index contributed by atoms with van der Waals surface area (Å²) in [5.41, 5.74) is 3.09. The molecule has 4 nitrogen and oxygen atoms in total. The van der Waals surface area contributed by atoms with Crippen molar-refractivity contribution in [1.82, 2.24) is 15.0 Å². The van der Waals surface area contributed by atoms with Crippen LogP contribution in [0.2, 0.25) is 0 Å². The first-order valence-corrected chi connectivity index (χ1v) is 5.01. The lowest BCUT2D eigenvalue weighted by molar-refractivity contribution is 0.481. The molecule has 1 aromatic carbocycles. The first kappa shape index (κ1) is 11.7. The maximum Gasteiger partial charge on any atom is 0.164 e. The second-order valence-corrected chi connectivity index (χ2v) is 3.71. The van der Waals surface area contributed by atoms with Crippen LogP contribution in [0, 0.1) is 11.6 Å². The van der Waals surface area contributed by atoms with E-state index in [1.165, 1.54) is 12.1 Å². The van der Waals surface area contributed by atoms with Crippen LogP contribution in [0.1, 0.15) is 17.3 Å². The third-order valence-corrected chi connectivity index (χ3v) is 2.48. The summed E-state index contributed by atoms with van der Waals surface area (Å²) in [6.45, 7) is 0. The van der Waals surface area contributed by atoms with Gasteiger partial charge >= 0.3 is 0 Å². The number of hydrazine groups is 1. The largest absolute Gasteiger partial charge is 0.340 e. The van der Waals surface area contributed by atoms with Gasteiger partial charge in [0.25, 0.3) is 0 Å². The molecule has 0 radical (unpaired) electrons. The Morgan fingerprint density at radius 1 is 1.41 bits per heavy atom. The minimum absolute atomic E-state index is 0.131. The summed E-state index contributed by atoms with van der Waals surface area (Å²) in [5, 5.41) is 0. The van der Waals surface area contributed by atoms with E-state index >= 15 is 0 Å². The highest BCUT2D eigenvalue weighted by atomic mass is 19.2. The van der Waals surface area contributed by atoms with Gasteiger partial charge in [-0.3, -0.25) is 5.84 Å². The minimum Gasteiger partial charge on any atom is -0.340 e. The Bertz CT molecular complexity index is 524. The van der Waals surface area contributed by atoms with Crippen LogP contribution in [0.4, 0.5) is 8.78 Å². The number of hydrogen-bond donors (Lipinski definition) is 2. The van der Waals surface area contributed by atoms with Gasteiger partial charge < -0.3 is 4.57 Å². The third-order valence-electron chi connectivity index (χ3n) is 2.48. The molecule has 0 aliphatic heterocycles. The molecule has 1 aromatic heterocycles. The fourth-order valence-corrected chi connectivity index (χ4v) is 1.66. The number of aromatic nitrogens is 2. The third kappa shape index (κ3) is 2.17. The van der Waals surface area contributed by atoms with Crippen molar-refractivity contribution in [2.24, 2.45) is 12.9 Å². The van der Waals surface area contributed by atoms with Crippen LogP contribution in [-0.2, 0) is 7.05 Å². The lowest BCUT2D eigenvalue weighted by atomic mass is 10.0.